The van der Waals surface area contributed by atoms with E-state index in [1.807, 2.05) is 30.3 Å². The number of amides is 3. The Hall–Kier alpha value is -5.76. The van der Waals surface area contributed by atoms with Crippen LogP contribution in [0.1, 0.15) is 39.9 Å². The summed E-state index contributed by atoms with van der Waals surface area (Å²) in [4.78, 5) is 42.3. The minimum atomic E-state index is -1.02. The van der Waals surface area contributed by atoms with Crippen molar-refractivity contribution in [1.82, 2.24) is 15.6 Å². The second-order valence-electron chi connectivity index (χ2n) is 10.1. The van der Waals surface area contributed by atoms with Crippen molar-refractivity contribution < 1.29 is 23.5 Å². The molecular weight excluding hydrogens is 575 g/mol. The van der Waals surface area contributed by atoms with Crippen molar-refractivity contribution in [2.45, 2.75) is 31.9 Å². The lowest BCUT2D eigenvalue weighted by Gasteiger charge is -2.18. The normalized spacial score (nSPS) is 11.1. The first kappa shape index (κ1) is 32.2. The molecule has 5 N–H and O–H groups in total. The van der Waals surface area contributed by atoms with Gasteiger partial charge in [0.1, 0.15) is 24.3 Å². The van der Waals surface area contributed by atoms with Crippen molar-refractivity contribution in [3.8, 4) is 17.3 Å². The molecule has 0 spiro atoms. The molecule has 1 atom stereocenters. The van der Waals surface area contributed by atoms with Gasteiger partial charge in [0.15, 0.2) is 0 Å². The highest BCUT2D eigenvalue weighted by atomic mass is 19.1. The number of anilines is 1. The summed E-state index contributed by atoms with van der Waals surface area (Å²) in [6.45, 7) is 0.653. The number of aromatic nitrogens is 1. The van der Waals surface area contributed by atoms with Crippen LogP contribution in [0.2, 0.25) is 0 Å². The van der Waals surface area contributed by atoms with Crippen molar-refractivity contribution in [2.75, 3.05) is 18.4 Å². The van der Waals surface area contributed by atoms with Crippen LogP contribution in [0.5, 0.6) is 0 Å². The van der Waals surface area contributed by atoms with Gasteiger partial charge in [0.25, 0.3) is 5.91 Å². The number of carbonyl (C=O) groups is 3. The lowest BCUT2D eigenvalue weighted by Crippen LogP contribution is -2.45. The number of carbonyl (C=O) groups excluding carboxylic acids is 3. The van der Waals surface area contributed by atoms with Crippen LogP contribution in [0, 0.1) is 17.1 Å². The van der Waals surface area contributed by atoms with E-state index in [-0.39, 0.29) is 36.8 Å². The number of nitriles is 1. The minimum Gasteiger partial charge on any atom is -0.445 e. The molecular formula is C34H33FN6O4. The molecule has 4 aromatic rings. The van der Waals surface area contributed by atoms with Gasteiger partial charge in [0.2, 0.25) is 5.91 Å². The van der Waals surface area contributed by atoms with Crippen LogP contribution in [0.25, 0.3) is 11.3 Å². The third-order valence-electron chi connectivity index (χ3n) is 6.86. The number of benzene rings is 3. The molecule has 0 saturated carbocycles. The Balaban J connectivity index is 1.41. The lowest BCUT2D eigenvalue weighted by molar-refractivity contribution is -0.120. The Kier molecular flexibility index (Phi) is 11.6. The van der Waals surface area contributed by atoms with Gasteiger partial charge in [0, 0.05) is 18.7 Å². The van der Waals surface area contributed by atoms with Crippen LogP contribution in [-0.2, 0) is 22.6 Å². The van der Waals surface area contributed by atoms with Crippen molar-refractivity contribution in [2.24, 2.45) is 5.73 Å². The summed E-state index contributed by atoms with van der Waals surface area (Å²) in [6.07, 6.45) is 0.361. The standard InChI is InChI=1S/C34H33FN6O4/c35-26-12-6-10-23(20-26)17-19-38-32-28(15-16-29(40-32)27-13-5-4-11-25(27)21-36)33(43)41-30(31(37)42)14-7-18-39-34(44)45-22-24-8-2-1-3-9-24/h1-6,8-13,15-16,20,30H,7,14,17-19,22H2,(H2,37,42)(H,38,40)(H,39,44)(H,41,43)/t30-/m1/s1. The topological polar surface area (TPSA) is 159 Å². The molecule has 3 amide bonds. The highest BCUT2D eigenvalue weighted by Crippen LogP contribution is 2.25. The van der Waals surface area contributed by atoms with E-state index in [0.717, 1.165) is 11.1 Å². The summed E-state index contributed by atoms with van der Waals surface area (Å²) in [5.74, 6) is -1.45. The molecule has 0 radical (unpaired) electrons. The summed E-state index contributed by atoms with van der Waals surface area (Å²) >= 11 is 0. The number of halogens is 1. The molecule has 10 nitrogen and oxygen atoms in total. The molecule has 0 aliphatic carbocycles. The molecule has 230 valence electrons. The van der Waals surface area contributed by atoms with E-state index in [0.29, 0.717) is 36.2 Å². The molecule has 1 aromatic heterocycles. The molecule has 3 aromatic carbocycles. The first-order valence-electron chi connectivity index (χ1n) is 14.4. The largest absolute Gasteiger partial charge is 0.445 e. The molecule has 0 unspecified atom stereocenters. The first-order valence-corrected chi connectivity index (χ1v) is 14.4. The van der Waals surface area contributed by atoms with Crippen molar-refractivity contribution in [3.05, 3.63) is 119 Å². The van der Waals surface area contributed by atoms with Crippen LogP contribution in [0.3, 0.4) is 0 Å². The fourth-order valence-electron chi connectivity index (χ4n) is 4.54. The van der Waals surface area contributed by atoms with E-state index >= 15 is 0 Å². The monoisotopic (exact) mass is 608 g/mol. The number of alkyl carbamates (subject to hydrolysis) is 1. The van der Waals surface area contributed by atoms with E-state index in [4.69, 9.17) is 10.5 Å². The zero-order valence-corrected chi connectivity index (χ0v) is 24.5. The minimum absolute atomic E-state index is 0.125. The number of hydrogen-bond donors (Lipinski definition) is 4. The van der Waals surface area contributed by atoms with Crippen LogP contribution < -0.4 is 21.7 Å². The number of nitrogens with two attached hydrogens (primary N) is 1. The molecule has 0 bridgehead atoms. The highest BCUT2D eigenvalue weighted by molar-refractivity contribution is 6.01. The molecule has 4 rings (SSSR count). The molecule has 0 fully saturated rings. The summed E-state index contributed by atoms with van der Waals surface area (Å²) in [6, 6.07) is 26.7. The molecule has 0 saturated heterocycles. The van der Waals surface area contributed by atoms with Crippen LogP contribution >= 0.6 is 0 Å². The number of rotatable bonds is 14. The number of hydrogen-bond acceptors (Lipinski definition) is 7. The molecule has 0 aliphatic rings. The molecule has 11 heteroatoms. The third kappa shape index (κ3) is 9.62. The second kappa shape index (κ2) is 16.2. The van der Waals surface area contributed by atoms with Gasteiger partial charge in [-0.15, -0.1) is 0 Å². The van der Waals surface area contributed by atoms with Crippen LogP contribution in [0.15, 0.2) is 91.0 Å². The van der Waals surface area contributed by atoms with Gasteiger partial charge < -0.3 is 26.4 Å². The van der Waals surface area contributed by atoms with Crippen molar-refractivity contribution in [1.29, 1.82) is 5.26 Å². The SMILES string of the molecule is N#Cc1ccccc1-c1ccc(C(=O)N[C@H](CCCNC(=O)OCc2ccccc2)C(N)=O)c(NCCc2cccc(F)c2)n1. The van der Waals surface area contributed by atoms with Crippen molar-refractivity contribution >= 4 is 23.7 Å². The summed E-state index contributed by atoms with van der Waals surface area (Å²) in [5, 5.41) is 18.0. The zero-order valence-electron chi connectivity index (χ0n) is 24.5. The maximum Gasteiger partial charge on any atom is 0.407 e. The second-order valence-corrected chi connectivity index (χ2v) is 10.1. The van der Waals surface area contributed by atoms with E-state index < -0.39 is 23.9 Å². The Labute approximate surface area is 260 Å². The van der Waals surface area contributed by atoms with E-state index in [9.17, 15) is 24.0 Å². The fourth-order valence-corrected chi connectivity index (χ4v) is 4.54. The molecule has 1 heterocycles. The highest BCUT2D eigenvalue weighted by Gasteiger charge is 2.22. The summed E-state index contributed by atoms with van der Waals surface area (Å²) in [7, 11) is 0. The van der Waals surface area contributed by atoms with E-state index in [1.165, 1.54) is 12.1 Å². The predicted molar refractivity (Wildman–Crippen MR) is 167 cm³/mol. The number of pyridine rings is 1. The van der Waals surface area contributed by atoms with Gasteiger partial charge in [-0.05, 0) is 60.7 Å². The average molecular weight is 609 g/mol. The number of nitrogens with zero attached hydrogens (tertiary/aromatic N) is 2. The summed E-state index contributed by atoms with van der Waals surface area (Å²) in [5.41, 5.74) is 8.82. The smallest absolute Gasteiger partial charge is 0.407 e. The number of primary amides is 1. The first-order chi connectivity index (χ1) is 21.8. The van der Waals surface area contributed by atoms with Gasteiger partial charge in [-0.25, -0.2) is 14.2 Å². The Morgan fingerprint density at radius 2 is 1.69 bits per heavy atom. The zero-order chi connectivity index (χ0) is 32.0. The van der Waals surface area contributed by atoms with Gasteiger partial charge in [-0.1, -0.05) is 60.7 Å². The Bertz CT molecular complexity index is 1680. The van der Waals surface area contributed by atoms with Crippen LogP contribution in [0.4, 0.5) is 15.0 Å². The predicted octanol–water partition coefficient (Wildman–Crippen LogP) is 4.70. The van der Waals surface area contributed by atoms with Gasteiger partial charge >= 0.3 is 6.09 Å². The van der Waals surface area contributed by atoms with Crippen LogP contribution in [-0.4, -0.2) is 42.0 Å². The lowest BCUT2D eigenvalue weighted by atomic mass is 10.0. The Morgan fingerprint density at radius 1 is 0.933 bits per heavy atom. The third-order valence-corrected chi connectivity index (χ3v) is 6.86. The Morgan fingerprint density at radius 3 is 2.44 bits per heavy atom. The summed E-state index contributed by atoms with van der Waals surface area (Å²) < 4.78 is 18.8. The number of ether oxygens (including phenoxy) is 1. The van der Waals surface area contributed by atoms with E-state index in [1.54, 1.807) is 48.5 Å². The number of nitrogens with one attached hydrogen (secondary N) is 3. The van der Waals surface area contributed by atoms with E-state index in [2.05, 4.69) is 27.0 Å². The quantitative estimate of drug-likeness (QED) is 0.151. The van der Waals surface area contributed by atoms with Crippen molar-refractivity contribution in [3.63, 3.8) is 0 Å². The molecule has 0 aliphatic heterocycles. The molecule has 45 heavy (non-hydrogen) atoms. The van der Waals surface area contributed by atoms with Gasteiger partial charge in [-0.2, -0.15) is 5.26 Å². The average Bonchev–Trinajstić information content (AvgIpc) is 3.05. The van der Waals surface area contributed by atoms with Gasteiger partial charge in [0.05, 0.1) is 22.9 Å². The maximum absolute atomic E-state index is 13.7. The fraction of sp³-hybridized carbons (Fsp3) is 0.206. The maximum atomic E-state index is 13.7. The van der Waals surface area contributed by atoms with Gasteiger partial charge in [-0.3, -0.25) is 9.59 Å².